The Balaban J connectivity index is 1.51. The minimum Gasteiger partial charge on any atom is -0.490 e. The smallest absolute Gasteiger partial charge is 0.218 e. The van der Waals surface area contributed by atoms with E-state index in [4.69, 9.17) is 4.74 Å². The first-order chi connectivity index (χ1) is 12.4. The summed E-state index contributed by atoms with van der Waals surface area (Å²) >= 11 is 0. The second kappa shape index (κ2) is 8.14. The number of para-hydroxylation sites is 1. The molecule has 1 saturated heterocycles. The molecule has 26 heavy (non-hydrogen) atoms. The lowest BCUT2D eigenvalue weighted by atomic mass is 9.99. The zero-order valence-corrected chi connectivity index (χ0v) is 15.1. The number of ether oxygens (including phenoxy) is 1. The molecular formula is C19H21F2NO3S. The van der Waals surface area contributed by atoms with Gasteiger partial charge in [-0.25, -0.2) is 21.5 Å². The lowest BCUT2D eigenvalue weighted by Crippen LogP contribution is -2.40. The third kappa shape index (κ3) is 4.80. The van der Waals surface area contributed by atoms with Gasteiger partial charge >= 0.3 is 0 Å². The number of sulfonamides is 1. The molecule has 0 N–H and O–H groups in total. The van der Waals surface area contributed by atoms with E-state index in [1.807, 2.05) is 0 Å². The summed E-state index contributed by atoms with van der Waals surface area (Å²) in [4.78, 5) is 0. The highest BCUT2D eigenvalue weighted by Crippen LogP contribution is 2.24. The normalized spacial score (nSPS) is 16.5. The van der Waals surface area contributed by atoms with Crippen LogP contribution < -0.4 is 4.74 Å². The highest BCUT2D eigenvalue weighted by atomic mass is 32.2. The lowest BCUT2D eigenvalue weighted by molar-refractivity contribution is 0.181. The molecule has 1 aliphatic rings. The molecule has 0 bridgehead atoms. The van der Waals surface area contributed by atoms with Crippen molar-refractivity contribution >= 4 is 10.0 Å². The summed E-state index contributed by atoms with van der Waals surface area (Å²) in [5.41, 5.74) is 0.566. The maximum atomic E-state index is 13.6. The van der Waals surface area contributed by atoms with E-state index in [2.05, 4.69) is 0 Å². The van der Waals surface area contributed by atoms with Crippen molar-refractivity contribution in [2.45, 2.75) is 18.6 Å². The van der Waals surface area contributed by atoms with Crippen LogP contribution >= 0.6 is 0 Å². The zero-order chi connectivity index (χ0) is 18.6. The molecule has 2 aromatic carbocycles. The summed E-state index contributed by atoms with van der Waals surface area (Å²) in [6.07, 6.45) is 1.33. The summed E-state index contributed by atoms with van der Waals surface area (Å²) in [5.74, 6) is -0.511. The molecule has 0 unspecified atom stereocenters. The van der Waals surface area contributed by atoms with E-state index in [-0.39, 0.29) is 23.2 Å². The van der Waals surface area contributed by atoms with Crippen molar-refractivity contribution in [2.24, 2.45) is 5.92 Å². The van der Waals surface area contributed by atoms with Gasteiger partial charge in [0, 0.05) is 13.1 Å². The molecule has 0 saturated carbocycles. The average Bonchev–Trinajstić information content (AvgIpc) is 2.63. The minimum absolute atomic E-state index is 0.135. The Labute approximate surface area is 152 Å². The Bertz CT molecular complexity index is 832. The highest BCUT2D eigenvalue weighted by molar-refractivity contribution is 7.88. The van der Waals surface area contributed by atoms with Crippen LogP contribution in [0.3, 0.4) is 0 Å². The second-order valence-electron chi connectivity index (χ2n) is 6.47. The van der Waals surface area contributed by atoms with Crippen LogP contribution in [0.2, 0.25) is 0 Å². The van der Waals surface area contributed by atoms with Crippen molar-refractivity contribution in [1.82, 2.24) is 4.31 Å². The summed E-state index contributed by atoms with van der Waals surface area (Å²) in [6.45, 7) is 1.19. The van der Waals surface area contributed by atoms with Crippen molar-refractivity contribution in [1.29, 1.82) is 0 Å². The summed E-state index contributed by atoms with van der Waals surface area (Å²) < 4.78 is 58.5. The van der Waals surface area contributed by atoms with E-state index < -0.39 is 15.8 Å². The van der Waals surface area contributed by atoms with Crippen molar-refractivity contribution in [3.63, 3.8) is 0 Å². The van der Waals surface area contributed by atoms with Gasteiger partial charge in [-0.3, -0.25) is 0 Å². The fraction of sp³-hybridized carbons (Fsp3) is 0.368. The highest BCUT2D eigenvalue weighted by Gasteiger charge is 2.28. The van der Waals surface area contributed by atoms with Gasteiger partial charge in [0.2, 0.25) is 10.0 Å². The number of halogens is 2. The fourth-order valence-electron chi connectivity index (χ4n) is 3.01. The molecule has 0 aliphatic carbocycles. The van der Waals surface area contributed by atoms with E-state index in [0.29, 0.717) is 38.1 Å². The standard InChI is InChI=1S/C19H21F2NO3S/c20-17-7-5-16(6-8-17)14-26(23,24)22-11-9-15(10-12-22)13-25-19-4-2-1-3-18(19)21/h1-8,15H,9-14H2. The van der Waals surface area contributed by atoms with E-state index in [0.717, 1.165) is 0 Å². The van der Waals surface area contributed by atoms with Crippen molar-refractivity contribution in [3.05, 3.63) is 65.7 Å². The second-order valence-corrected chi connectivity index (χ2v) is 8.44. The molecule has 1 aliphatic heterocycles. The summed E-state index contributed by atoms with van der Waals surface area (Å²) in [6, 6.07) is 11.7. The van der Waals surface area contributed by atoms with Crippen LogP contribution in [0.1, 0.15) is 18.4 Å². The van der Waals surface area contributed by atoms with Gasteiger partial charge in [-0.05, 0) is 48.6 Å². The van der Waals surface area contributed by atoms with Gasteiger partial charge in [0.1, 0.15) is 5.82 Å². The molecule has 4 nitrogen and oxygen atoms in total. The quantitative estimate of drug-likeness (QED) is 0.768. The van der Waals surface area contributed by atoms with Crippen LogP contribution in [0.15, 0.2) is 48.5 Å². The maximum Gasteiger partial charge on any atom is 0.218 e. The molecule has 3 rings (SSSR count). The average molecular weight is 381 g/mol. The van der Waals surface area contributed by atoms with E-state index in [9.17, 15) is 17.2 Å². The van der Waals surface area contributed by atoms with E-state index >= 15 is 0 Å². The van der Waals surface area contributed by atoms with Crippen molar-refractivity contribution < 1.29 is 21.9 Å². The van der Waals surface area contributed by atoms with Crippen LogP contribution in [0.4, 0.5) is 8.78 Å². The van der Waals surface area contributed by atoms with Crippen LogP contribution in [-0.4, -0.2) is 32.4 Å². The topological polar surface area (TPSA) is 46.6 Å². The number of benzene rings is 2. The number of nitrogens with zero attached hydrogens (tertiary/aromatic N) is 1. The number of hydrogen-bond acceptors (Lipinski definition) is 3. The van der Waals surface area contributed by atoms with Crippen LogP contribution in [0.5, 0.6) is 5.75 Å². The maximum absolute atomic E-state index is 13.6. The monoisotopic (exact) mass is 381 g/mol. The Morgan fingerprint density at radius 3 is 2.31 bits per heavy atom. The van der Waals surface area contributed by atoms with Gasteiger partial charge in [-0.2, -0.15) is 0 Å². The molecule has 0 spiro atoms. The fourth-order valence-corrected chi connectivity index (χ4v) is 4.57. The lowest BCUT2D eigenvalue weighted by Gasteiger charge is -2.31. The van der Waals surface area contributed by atoms with E-state index in [1.165, 1.54) is 34.6 Å². The summed E-state index contributed by atoms with van der Waals surface area (Å²) in [5, 5.41) is 0. The summed E-state index contributed by atoms with van der Waals surface area (Å²) in [7, 11) is -3.44. The Hall–Kier alpha value is -1.99. The SMILES string of the molecule is O=S(=O)(Cc1ccc(F)cc1)N1CCC(COc2ccccc2F)CC1. The van der Waals surface area contributed by atoms with Gasteiger partial charge in [-0.15, -0.1) is 0 Å². The first kappa shape index (κ1) is 18.8. The van der Waals surface area contributed by atoms with Gasteiger partial charge in [0.05, 0.1) is 12.4 Å². The van der Waals surface area contributed by atoms with Gasteiger partial charge < -0.3 is 4.74 Å². The van der Waals surface area contributed by atoms with Gasteiger partial charge in [0.25, 0.3) is 0 Å². The number of rotatable bonds is 6. The van der Waals surface area contributed by atoms with E-state index in [1.54, 1.807) is 18.2 Å². The van der Waals surface area contributed by atoms with Crippen molar-refractivity contribution in [2.75, 3.05) is 19.7 Å². The van der Waals surface area contributed by atoms with Gasteiger partial charge in [-0.1, -0.05) is 24.3 Å². The first-order valence-electron chi connectivity index (χ1n) is 8.53. The number of hydrogen-bond donors (Lipinski definition) is 0. The Kier molecular flexibility index (Phi) is 5.88. The molecule has 0 aromatic heterocycles. The predicted octanol–water partition coefficient (Wildman–Crippen LogP) is 3.59. The Morgan fingerprint density at radius 1 is 1.00 bits per heavy atom. The molecule has 140 valence electrons. The molecule has 0 radical (unpaired) electrons. The largest absolute Gasteiger partial charge is 0.490 e. The zero-order valence-electron chi connectivity index (χ0n) is 14.3. The minimum atomic E-state index is -3.44. The van der Waals surface area contributed by atoms with Crippen LogP contribution in [0, 0.1) is 17.6 Å². The molecule has 0 atom stereocenters. The number of piperidine rings is 1. The molecule has 2 aromatic rings. The molecular weight excluding hydrogens is 360 g/mol. The van der Waals surface area contributed by atoms with Crippen molar-refractivity contribution in [3.8, 4) is 5.75 Å². The van der Waals surface area contributed by atoms with Gasteiger partial charge in [0.15, 0.2) is 11.6 Å². The third-order valence-corrected chi connectivity index (χ3v) is 6.39. The third-order valence-electron chi connectivity index (χ3n) is 4.54. The van der Waals surface area contributed by atoms with Crippen LogP contribution in [-0.2, 0) is 15.8 Å². The molecule has 0 amide bonds. The first-order valence-corrected chi connectivity index (χ1v) is 10.1. The molecule has 7 heteroatoms. The predicted molar refractivity (Wildman–Crippen MR) is 95.2 cm³/mol. The molecule has 1 heterocycles. The van der Waals surface area contributed by atoms with Crippen LogP contribution in [0.25, 0.3) is 0 Å². The molecule has 1 fully saturated rings. The Morgan fingerprint density at radius 2 is 1.65 bits per heavy atom.